The third-order valence-electron chi connectivity index (χ3n) is 9.95. The quantitative estimate of drug-likeness (QED) is 0.519. The molecular formula is C24H32O7. The van der Waals surface area contributed by atoms with Crippen molar-refractivity contribution in [3.05, 3.63) is 11.6 Å². The van der Waals surface area contributed by atoms with E-state index in [2.05, 4.69) is 13.8 Å². The summed E-state index contributed by atoms with van der Waals surface area (Å²) in [5.41, 5.74) is -1.43. The second kappa shape index (κ2) is 6.41. The van der Waals surface area contributed by atoms with Gasteiger partial charge in [-0.3, -0.25) is 14.4 Å². The van der Waals surface area contributed by atoms with Crippen molar-refractivity contribution in [3.8, 4) is 0 Å². The summed E-state index contributed by atoms with van der Waals surface area (Å²) in [6.45, 7) is 4.24. The fourth-order valence-electron chi connectivity index (χ4n) is 8.22. The van der Waals surface area contributed by atoms with Gasteiger partial charge in [0.05, 0.1) is 24.7 Å². The van der Waals surface area contributed by atoms with Crippen molar-refractivity contribution >= 4 is 17.7 Å². The molecule has 8 atom stereocenters. The van der Waals surface area contributed by atoms with Crippen LogP contribution in [0.25, 0.3) is 0 Å². The maximum Gasteiger partial charge on any atom is 0.309 e. The van der Waals surface area contributed by atoms with E-state index in [9.17, 15) is 24.6 Å². The number of ether oxygens (including phenoxy) is 2. The lowest BCUT2D eigenvalue weighted by molar-refractivity contribution is -0.163. The van der Waals surface area contributed by atoms with Gasteiger partial charge in [-0.15, -0.1) is 0 Å². The summed E-state index contributed by atoms with van der Waals surface area (Å²) in [6.07, 6.45) is 5.35. The van der Waals surface area contributed by atoms with Crippen LogP contribution in [0.5, 0.6) is 0 Å². The zero-order valence-electron chi connectivity index (χ0n) is 18.5. The normalized spacial score (nSPS) is 49.8. The van der Waals surface area contributed by atoms with Crippen molar-refractivity contribution < 1.29 is 34.1 Å². The minimum Gasteiger partial charge on any atom is -0.481 e. The first kappa shape index (κ1) is 21.1. The van der Waals surface area contributed by atoms with Crippen molar-refractivity contribution in [2.24, 2.45) is 28.6 Å². The van der Waals surface area contributed by atoms with E-state index in [1.165, 1.54) is 7.11 Å². The van der Waals surface area contributed by atoms with E-state index in [1.54, 1.807) is 6.08 Å². The van der Waals surface area contributed by atoms with Gasteiger partial charge in [-0.05, 0) is 50.5 Å². The molecule has 1 unspecified atom stereocenters. The summed E-state index contributed by atoms with van der Waals surface area (Å²) in [4.78, 5) is 36.4. The van der Waals surface area contributed by atoms with Crippen LogP contribution in [0.4, 0.5) is 0 Å². The smallest absolute Gasteiger partial charge is 0.309 e. The van der Waals surface area contributed by atoms with Gasteiger partial charge < -0.3 is 19.7 Å². The molecule has 4 fully saturated rings. The lowest BCUT2D eigenvalue weighted by atomic mass is 9.43. The van der Waals surface area contributed by atoms with Gasteiger partial charge in [0.1, 0.15) is 5.60 Å². The molecule has 0 amide bonds. The van der Waals surface area contributed by atoms with Crippen molar-refractivity contribution in [3.63, 3.8) is 0 Å². The van der Waals surface area contributed by atoms with Crippen LogP contribution in [0.2, 0.25) is 0 Å². The number of hydrogen-bond donors (Lipinski definition) is 2. The summed E-state index contributed by atoms with van der Waals surface area (Å²) >= 11 is 0. The molecule has 7 nitrogen and oxygen atoms in total. The average molecular weight is 433 g/mol. The zero-order valence-corrected chi connectivity index (χ0v) is 18.5. The second-order valence-electron chi connectivity index (χ2n) is 10.9. The number of hydrogen-bond acceptors (Lipinski definition) is 6. The van der Waals surface area contributed by atoms with Crippen LogP contribution in [0.3, 0.4) is 0 Å². The molecule has 1 heterocycles. The number of carboxylic acids is 1. The van der Waals surface area contributed by atoms with Gasteiger partial charge in [-0.2, -0.15) is 0 Å². The predicted octanol–water partition coefficient (Wildman–Crippen LogP) is 2.64. The Morgan fingerprint density at radius 2 is 2.03 bits per heavy atom. The van der Waals surface area contributed by atoms with Gasteiger partial charge in [-0.1, -0.05) is 19.4 Å². The second-order valence-corrected chi connectivity index (χ2v) is 10.9. The first-order chi connectivity index (χ1) is 14.5. The Morgan fingerprint density at radius 1 is 1.29 bits per heavy atom. The number of rotatable bonds is 4. The molecule has 5 aliphatic rings. The number of fused-ring (bicyclic) bond motifs is 3. The molecule has 0 aromatic heterocycles. The van der Waals surface area contributed by atoms with Crippen LogP contribution in [0.1, 0.15) is 65.2 Å². The van der Waals surface area contributed by atoms with E-state index >= 15 is 0 Å². The van der Waals surface area contributed by atoms with E-state index in [0.29, 0.717) is 32.1 Å². The largest absolute Gasteiger partial charge is 0.481 e. The van der Waals surface area contributed by atoms with Crippen LogP contribution in [-0.2, 0) is 23.9 Å². The first-order valence-electron chi connectivity index (χ1n) is 11.5. The molecular weight excluding hydrogens is 400 g/mol. The van der Waals surface area contributed by atoms with Crippen molar-refractivity contribution in [2.75, 3.05) is 7.11 Å². The van der Waals surface area contributed by atoms with Crippen molar-refractivity contribution in [1.82, 2.24) is 0 Å². The predicted molar refractivity (Wildman–Crippen MR) is 109 cm³/mol. The Labute approximate surface area is 182 Å². The third-order valence-corrected chi connectivity index (χ3v) is 9.95. The molecule has 4 aliphatic carbocycles. The number of ketones is 1. The third kappa shape index (κ3) is 2.50. The minimum absolute atomic E-state index is 0.0325. The Balaban J connectivity index is 1.59. The molecule has 0 aromatic rings. The molecule has 2 N–H and O–H groups in total. The molecule has 0 radical (unpaired) electrons. The van der Waals surface area contributed by atoms with E-state index in [1.807, 2.05) is 0 Å². The van der Waals surface area contributed by atoms with Crippen LogP contribution >= 0.6 is 0 Å². The lowest BCUT2D eigenvalue weighted by Crippen LogP contribution is -2.63. The molecule has 7 heteroatoms. The highest BCUT2D eigenvalue weighted by molar-refractivity contribution is 5.92. The fourth-order valence-corrected chi connectivity index (χ4v) is 8.22. The zero-order chi connectivity index (χ0) is 22.4. The Morgan fingerprint density at radius 3 is 2.71 bits per heavy atom. The highest BCUT2D eigenvalue weighted by Crippen LogP contribution is 2.77. The van der Waals surface area contributed by atoms with Gasteiger partial charge in [0.15, 0.2) is 5.78 Å². The molecule has 170 valence electrons. The number of carbonyl (C=O) groups excluding carboxylic acids is 2. The van der Waals surface area contributed by atoms with E-state index in [4.69, 9.17) is 9.47 Å². The van der Waals surface area contributed by atoms with Gasteiger partial charge >= 0.3 is 11.9 Å². The number of esters is 1. The van der Waals surface area contributed by atoms with Gasteiger partial charge in [0, 0.05) is 29.6 Å². The maximum atomic E-state index is 13.0. The average Bonchev–Trinajstić information content (AvgIpc) is 3.38. The van der Waals surface area contributed by atoms with Crippen LogP contribution in [0.15, 0.2) is 11.6 Å². The SMILES string of the molecule is COC(=O)[C@@H]1CC2=CC(=O)CC[C@]2(C)C23O[C@@H]2C[C@@]2(C)[C@@H](CC[C@@]2(O)CCC(=O)O)[C@H]13. The Hall–Kier alpha value is -1.73. The van der Waals surface area contributed by atoms with Gasteiger partial charge in [-0.25, -0.2) is 0 Å². The summed E-state index contributed by atoms with van der Waals surface area (Å²) < 4.78 is 11.7. The van der Waals surface area contributed by atoms with Gasteiger partial charge in [0.25, 0.3) is 0 Å². The molecule has 1 spiro atoms. The minimum atomic E-state index is -1.09. The monoisotopic (exact) mass is 432 g/mol. The molecule has 31 heavy (non-hydrogen) atoms. The number of methoxy groups -OCH3 is 1. The Kier molecular flexibility index (Phi) is 4.37. The summed E-state index contributed by atoms with van der Waals surface area (Å²) in [5, 5.41) is 20.9. The highest BCUT2D eigenvalue weighted by atomic mass is 16.6. The first-order valence-corrected chi connectivity index (χ1v) is 11.5. The molecule has 5 rings (SSSR count). The summed E-state index contributed by atoms with van der Waals surface area (Å²) in [5.74, 6) is -1.60. The summed E-state index contributed by atoms with van der Waals surface area (Å²) in [6, 6.07) is 0. The fraction of sp³-hybridized carbons (Fsp3) is 0.792. The molecule has 1 aliphatic heterocycles. The van der Waals surface area contributed by atoms with Crippen molar-refractivity contribution in [1.29, 1.82) is 0 Å². The molecule has 0 aromatic carbocycles. The number of aliphatic hydroxyl groups is 1. The number of aliphatic carboxylic acids is 1. The van der Waals surface area contributed by atoms with Crippen molar-refractivity contribution in [2.45, 2.75) is 82.5 Å². The van der Waals surface area contributed by atoms with Crippen LogP contribution in [0, 0.1) is 28.6 Å². The molecule has 0 bridgehead atoms. The van der Waals surface area contributed by atoms with E-state index in [0.717, 1.165) is 12.0 Å². The lowest BCUT2D eigenvalue weighted by Gasteiger charge is -2.58. The molecule has 3 saturated carbocycles. The van der Waals surface area contributed by atoms with Gasteiger partial charge in [0.2, 0.25) is 0 Å². The van der Waals surface area contributed by atoms with Crippen LogP contribution in [-0.4, -0.2) is 52.4 Å². The van der Waals surface area contributed by atoms with E-state index in [-0.39, 0.29) is 47.9 Å². The summed E-state index contributed by atoms with van der Waals surface area (Å²) in [7, 11) is 1.40. The standard InChI is InChI=1S/C24H32O7/c1-21-7-4-14(25)10-13(21)11-15(20(28)30-3)19-16-5-8-23(29,9-6-18(26)27)22(16,2)12-17-24(19,21)31-17/h10,15-17,19,29H,4-9,11-12H2,1-3H3,(H,26,27)/t15-,16+,17-,19+,21+,22+,23-,24?/m1/s1. The maximum absolute atomic E-state index is 13.0. The number of carboxylic acid groups (broad SMARTS) is 1. The highest BCUT2D eigenvalue weighted by Gasteiger charge is 2.82. The van der Waals surface area contributed by atoms with Crippen LogP contribution < -0.4 is 0 Å². The van der Waals surface area contributed by atoms with E-state index < -0.39 is 28.5 Å². The number of carbonyl (C=O) groups is 3. The number of epoxide rings is 1. The topological polar surface area (TPSA) is 113 Å². The molecule has 1 saturated heterocycles. The Bertz CT molecular complexity index is 894.